The SMILES string of the molecule is CC(=O)Nc1nc(CCc2ccc(NC(NC(=O)O)NC(=O)O)cc2)c(C(=O)NCCNC(=O)Cc2ccccc2)s1. The van der Waals surface area contributed by atoms with Crippen molar-refractivity contribution < 1.29 is 34.2 Å². The fourth-order valence-electron chi connectivity index (χ4n) is 3.76. The Labute approximate surface area is 244 Å². The van der Waals surface area contributed by atoms with E-state index in [1.807, 2.05) is 41.0 Å². The molecule has 14 nitrogen and oxygen atoms in total. The number of thiazole rings is 1. The van der Waals surface area contributed by atoms with Crippen LogP contribution >= 0.6 is 11.3 Å². The number of aryl methyl sites for hydroxylation is 2. The molecule has 15 heteroatoms. The van der Waals surface area contributed by atoms with Gasteiger partial charge < -0.3 is 31.5 Å². The van der Waals surface area contributed by atoms with Crippen molar-refractivity contribution in [1.29, 1.82) is 0 Å². The maximum absolute atomic E-state index is 12.9. The Hall–Kier alpha value is -5.18. The minimum atomic E-state index is -1.41. The minimum Gasteiger partial charge on any atom is -0.465 e. The molecule has 8 N–H and O–H groups in total. The molecule has 222 valence electrons. The predicted octanol–water partition coefficient (Wildman–Crippen LogP) is 2.21. The third-order valence-electron chi connectivity index (χ3n) is 5.58. The van der Waals surface area contributed by atoms with Crippen LogP contribution in [0.3, 0.4) is 0 Å². The molecule has 3 aromatic rings. The van der Waals surface area contributed by atoms with Crippen molar-refractivity contribution in [3.8, 4) is 0 Å². The molecule has 0 radical (unpaired) electrons. The lowest BCUT2D eigenvalue weighted by atomic mass is 10.1. The van der Waals surface area contributed by atoms with Crippen LogP contribution in [-0.4, -0.2) is 64.5 Å². The highest BCUT2D eigenvalue weighted by Gasteiger charge is 2.19. The van der Waals surface area contributed by atoms with E-state index in [-0.39, 0.29) is 37.2 Å². The number of amides is 5. The van der Waals surface area contributed by atoms with Crippen molar-refractivity contribution in [1.82, 2.24) is 26.3 Å². The average Bonchev–Trinajstić information content (AvgIpc) is 3.32. The van der Waals surface area contributed by atoms with Crippen molar-refractivity contribution in [2.45, 2.75) is 32.5 Å². The van der Waals surface area contributed by atoms with E-state index >= 15 is 0 Å². The monoisotopic (exact) mass is 597 g/mol. The van der Waals surface area contributed by atoms with E-state index < -0.39 is 18.5 Å². The molecule has 0 aliphatic heterocycles. The van der Waals surface area contributed by atoms with Gasteiger partial charge in [-0.1, -0.05) is 53.8 Å². The Morgan fingerprint density at radius 2 is 1.48 bits per heavy atom. The summed E-state index contributed by atoms with van der Waals surface area (Å²) in [6.45, 7) is 1.79. The van der Waals surface area contributed by atoms with Gasteiger partial charge in [0.25, 0.3) is 5.91 Å². The summed E-state index contributed by atoms with van der Waals surface area (Å²) >= 11 is 1.05. The van der Waals surface area contributed by atoms with Crippen LogP contribution in [-0.2, 0) is 28.9 Å². The van der Waals surface area contributed by atoms with Crippen molar-refractivity contribution >= 4 is 52.1 Å². The van der Waals surface area contributed by atoms with Gasteiger partial charge in [0.05, 0.1) is 12.1 Å². The second-order valence-electron chi connectivity index (χ2n) is 8.92. The van der Waals surface area contributed by atoms with Crippen LogP contribution in [0, 0.1) is 0 Å². The summed E-state index contributed by atoms with van der Waals surface area (Å²) in [4.78, 5) is 63.2. The van der Waals surface area contributed by atoms with Gasteiger partial charge in [0, 0.05) is 25.7 Å². The number of carbonyl (C=O) groups excluding carboxylic acids is 3. The minimum absolute atomic E-state index is 0.157. The van der Waals surface area contributed by atoms with Gasteiger partial charge in [-0.2, -0.15) is 0 Å². The van der Waals surface area contributed by atoms with E-state index in [0.717, 1.165) is 22.5 Å². The number of benzene rings is 2. The normalized spacial score (nSPS) is 10.4. The molecule has 0 saturated heterocycles. The van der Waals surface area contributed by atoms with Gasteiger partial charge in [-0.3, -0.25) is 25.0 Å². The smallest absolute Gasteiger partial charge is 0.407 e. The van der Waals surface area contributed by atoms with Gasteiger partial charge in [-0.25, -0.2) is 14.6 Å². The quantitative estimate of drug-likeness (QED) is 0.101. The second-order valence-corrected chi connectivity index (χ2v) is 9.92. The lowest BCUT2D eigenvalue weighted by molar-refractivity contribution is -0.120. The maximum Gasteiger partial charge on any atom is 0.407 e. The summed E-state index contributed by atoms with van der Waals surface area (Å²) in [5.74, 6) is -0.853. The van der Waals surface area contributed by atoms with Gasteiger partial charge in [0.1, 0.15) is 4.88 Å². The molecule has 0 spiro atoms. The molecule has 0 aliphatic carbocycles. The standard InChI is InChI=1S/C27H31N7O7S/c1-16(35)30-25-32-20(12-9-17-7-10-19(11-8-17)31-24(33-26(38)39)34-27(40)41)22(42-25)23(37)29-14-13-28-21(36)15-18-5-3-2-4-6-18/h2-8,10-11,24,31,33-34H,9,12-15H2,1H3,(H,28,36)(H,29,37)(H,38,39)(H,40,41)(H,30,32,35). The Kier molecular flexibility index (Phi) is 11.6. The van der Waals surface area contributed by atoms with Crippen LogP contribution in [0.5, 0.6) is 0 Å². The van der Waals surface area contributed by atoms with E-state index in [1.165, 1.54) is 6.92 Å². The average molecular weight is 598 g/mol. The van der Waals surface area contributed by atoms with Crippen LogP contribution in [0.2, 0.25) is 0 Å². The van der Waals surface area contributed by atoms with Crippen LogP contribution in [0.15, 0.2) is 54.6 Å². The number of carbonyl (C=O) groups is 5. The number of hydrogen-bond donors (Lipinski definition) is 8. The molecule has 3 rings (SSSR count). The summed E-state index contributed by atoms with van der Waals surface area (Å²) in [5.41, 5.74) is 2.71. The molecule has 0 bridgehead atoms. The molecule has 0 fully saturated rings. The van der Waals surface area contributed by atoms with Gasteiger partial charge in [0.15, 0.2) is 11.4 Å². The number of rotatable bonds is 14. The van der Waals surface area contributed by atoms with E-state index in [1.54, 1.807) is 24.3 Å². The van der Waals surface area contributed by atoms with Gasteiger partial charge >= 0.3 is 12.2 Å². The number of carboxylic acid groups (broad SMARTS) is 2. The molecule has 0 unspecified atom stereocenters. The highest BCUT2D eigenvalue weighted by molar-refractivity contribution is 7.17. The lowest BCUT2D eigenvalue weighted by Crippen LogP contribution is -2.52. The molecule has 5 amide bonds. The number of nitrogens with one attached hydrogen (secondary N) is 6. The first-order valence-corrected chi connectivity index (χ1v) is 13.6. The number of aromatic nitrogens is 1. The van der Waals surface area contributed by atoms with Crippen LogP contribution < -0.4 is 31.9 Å². The number of anilines is 2. The van der Waals surface area contributed by atoms with E-state index in [4.69, 9.17) is 10.2 Å². The summed E-state index contributed by atoms with van der Waals surface area (Å²) in [6, 6.07) is 16.1. The largest absolute Gasteiger partial charge is 0.465 e. The highest BCUT2D eigenvalue weighted by Crippen LogP contribution is 2.25. The number of hydrogen-bond acceptors (Lipinski definition) is 8. The molecule has 0 aliphatic rings. The van der Waals surface area contributed by atoms with Crippen molar-refractivity contribution in [2.24, 2.45) is 0 Å². The third kappa shape index (κ3) is 10.8. The lowest BCUT2D eigenvalue weighted by Gasteiger charge is -2.19. The van der Waals surface area contributed by atoms with Gasteiger partial charge in [-0.05, 0) is 36.1 Å². The van der Waals surface area contributed by atoms with E-state index in [0.29, 0.717) is 34.2 Å². The molecular weight excluding hydrogens is 566 g/mol. The first-order chi connectivity index (χ1) is 20.1. The second kappa shape index (κ2) is 15.6. The Morgan fingerprint density at radius 1 is 0.833 bits per heavy atom. The van der Waals surface area contributed by atoms with E-state index in [9.17, 15) is 24.0 Å². The fourth-order valence-corrected chi connectivity index (χ4v) is 4.73. The van der Waals surface area contributed by atoms with Gasteiger partial charge in [0.2, 0.25) is 11.8 Å². The zero-order valence-corrected chi connectivity index (χ0v) is 23.4. The predicted molar refractivity (Wildman–Crippen MR) is 155 cm³/mol. The first-order valence-electron chi connectivity index (χ1n) is 12.8. The highest BCUT2D eigenvalue weighted by atomic mass is 32.1. The molecule has 1 heterocycles. The summed E-state index contributed by atoms with van der Waals surface area (Å²) in [7, 11) is 0. The first kappa shape index (κ1) is 31.3. The summed E-state index contributed by atoms with van der Waals surface area (Å²) in [5, 5.41) is 32.9. The Morgan fingerprint density at radius 3 is 2.10 bits per heavy atom. The van der Waals surface area contributed by atoms with Crippen molar-refractivity contribution in [3.63, 3.8) is 0 Å². The maximum atomic E-state index is 12.9. The van der Waals surface area contributed by atoms with E-state index in [2.05, 4.69) is 26.3 Å². The fraction of sp³-hybridized carbons (Fsp3) is 0.259. The summed E-state index contributed by atoms with van der Waals surface area (Å²) < 4.78 is 0. The topological polar surface area (TPSA) is 211 Å². The van der Waals surface area contributed by atoms with Crippen LogP contribution in [0.1, 0.15) is 33.4 Å². The number of nitrogens with zero attached hydrogens (tertiary/aromatic N) is 1. The summed E-state index contributed by atoms with van der Waals surface area (Å²) in [6.07, 6.45) is -2.97. The van der Waals surface area contributed by atoms with Crippen LogP contribution in [0.25, 0.3) is 0 Å². The van der Waals surface area contributed by atoms with Crippen LogP contribution in [0.4, 0.5) is 20.4 Å². The zero-order chi connectivity index (χ0) is 30.5. The molecule has 0 atom stereocenters. The van der Waals surface area contributed by atoms with Crippen molar-refractivity contribution in [2.75, 3.05) is 23.7 Å². The zero-order valence-electron chi connectivity index (χ0n) is 22.6. The molecule has 1 aromatic heterocycles. The van der Waals surface area contributed by atoms with Gasteiger partial charge in [-0.15, -0.1) is 0 Å². The molecule has 2 aromatic carbocycles. The molecule has 0 saturated carbocycles. The van der Waals surface area contributed by atoms with Crippen molar-refractivity contribution in [3.05, 3.63) is 76.3 Å². The third-order valence-corrected chi connectivity index (χ3v) is 6.59. The Balaban J connectivity index is 1.56. The molecule has 42 heavy (non-hydrogen) atoms. The molecular formula is C27H31N7O7S. The Bertz CT molecular complexity index is 1380.